The molecule has 2 aromatic heterocycles. The number of aliphatic hydroxyl groups is 1. The topological polar surface area (TPSA) is 71.2 Å². The van der Waals surface area contributed by atoms with E-state index in [2.05, 4.69) is 23.9 Å². The summed E-state index contributed by atoms with van der Waals surface area (Å²) in [7, 11) is 0. The maximum atomic E-state index is 13.0. The molecule has 1 aliphatic heterocycles. The lowest BCUT2D eigenvalue weighted by Gasteiger charge is -2.18. The summed E-state index contributed by atoms with van der Waals surface area (Å²) in [5, 5.41) is 14.6. The monoisotopic (exact) mass is 326 g/mol. The third-order valence-corrected chi connectivity index (χ3v) is 5.24. The fourth-order valence-corrected chi connectivity index (χ4v) is 3.67. The summed E-state index contributed by atoms with van der Waals surface area (Å²) in [4.78, 5) is 19.1. The minimum atomic E-state index is -0.394. The smallest absolute Gasteiger partial charge is 0.257 e. The lowest BCUT2D eigenvalue weighted by Crippen LogP contribution is -2.30. The second-order valence-electron chi connectivity index (χ2n) is 7.26. The molecule has 24 heavy (non-hydrogen) atoms. The van der Waals surface area contributed by atoms with Crippen LogP contribution in [0.2, 0.25) is 0 Å². The number of carbonyl (C=O) groups is 1. The molecule has 2 aromatic rings. The van der Waals surface area contributed by atoms with Crippen molar-refractivity contribution in [1.29, 1.82) is 0 Å². The van der Waals surface area contributed by atoms with E-state index in [0.29, 0.717) is 24.5 Å². The zero-order valence-corrected chi connectivity index (χ0v) is 14.0. The van der Waals surface area contributed by atoms with Crippen molar-refractivity contribution in [3.63, 3.8) is 0 Å². The van der Waals surface area contributed by atoms with Crippen molar-refractivity contribution in [1.82, 2.24) is 19.7 Å². The van der Waals surface area contributed by atoms with Crippen molar-refractivity contribution in [2.45, 2.75) is 38.7 Å². The Kier molecular flexibility index (Phi) is 3.46. The molecule has 1 saturated heterocycles. The van der Waals surface area contributed by atoms with Gasteiger partial charge in [-0.25, -0.2) is 9.67 Å². The first-order valence-corrected chi connectivity index (χ1v) is 8.48. The Morgan fingerprint density at radius 2 is 2.17 bits per heavy atom. The number of amides is 1. The molecule has 3 heterocycles. The fraction of sp³-hybridized carbons (Fsp3) is 0.500. The number of pyridine rings is 1. The first-order chi connectivity index (χ1) is 11.5. The molecular weight excluding hydrogens is 304 g/mol. The number of rotatable bonds is 3. The van der Waals surface area contributed by atoms with Gasteiger partial charge in [0, 0.05) is 24.7 Å². The molecule has 0 bridgehead atoms. The summed E-state index contributed by atoms with van der Waals surface area (Å²) in [5.41, 5.74) is 1.44. The van der Waals surface area contributed by atoms with Crippen LogP contribution in [0.1, 0.15) is 48.7 Å². The van der Waals surface area contributed by atoms with Crippen LogP contribution in [0.15, 0.2) is 30.6 Å². The van der Waals surface area contributed by atoms with Crippen molar-refractivity contribution >= 4 is 5.91 Å². The highest BCUT2D eigenvalue weighted by molar-refractivity contribution is 5.95. The molecule has 4 rings (SSSR count). The number of carbonyl (C=O) groups excluding carboxylic acids is 1. The summed E-state index contributed by atoms with van der Waals surface area (Å²) in [6.07, 6.45) is 4.99. The molecule has 2 aliphatic rings. The van der Waals surface area contributed by atoms with Crippen LogP contribution < -0.4 is 0 Å². The Labute approximate surface area is 141 Å². The normalized spacial score (nSPS) is 21.7. The van der Waals surface area contributed by atoms with Crippen LogP contribution in [0, 0.1) is 5.41 Å². The predicted octanol–water partition coefficient (Wildman–Crippen LogP) is 1.99. The van der Waals surface area contributed by atoms with Crippen molar-refractivity contribution in [2.24, 2.45) is 5.41 Å². The van der Waals surface area contributed by atoms with Gasteiger partial charge in [-0.15, -0.1) is 0 Å². The highest BCUT2D eigenvalue weighted by Gasteiger charge is 2.55. The molecule has 1 amide bonds. The second-order valence-corrected chi connectivity index (χ2v) is 7.26. The SMILES string of the molecule is CC(C)c1c(C(=O)N2CC(O)C3(CC3)C2)cnn1-c1ccccn1. The molecule has 6 heteroatoms. The summed E-state index contributed by atoms with van der Waals surface area (Å²) >= 11 is 0. The Morgan fingerprint density at radius 3 is 2.75 bits per heavy atom. The van der Waals surface area contributed by atoms with E-state index in [4.69, 9.17) is 0 Å². The Balaban J connectivity index is 1.68. The van der Waals surface area contributed by atoms with Gasteiger partial charge in [-0.1, -0.05) is 19.9 Å². The average Bonchev–Trinajstić information content (AvgIpc) is 3.10. The molecule has 6 nitrogen and oxygen atoms in total. The summed E-state index contributed by atoms with van der Waals surface area (Å²) in [6, 6.07) is 5.64. The van der Waals surface area contributed by atoms with E-state index in [9.17, 15) is 9.90 Å². The fourth-order valence-electron chi connectivity index (χ4n) is 3.67. The van der Waals surface area contributed by atoms with Crippen molar-refractivity contribution in [2.75, 3.05) is 13.1 Å². The third kappa shape index (κ3) is 2.33. The van der Waals surface area contributed by atoms with Gasteiger partial charge in [0.25, 0.3) is 5.91 Å². The maximum absolute atomic E-state index is 13.0. The van der Waals surface area contributed by atoms with Gasteiger partial charge in [0.2, 0.25) is 0 Å². The highest BCUT2D eigenvalue weighted by Crippen LogP contribution is 2.53. The van der Waals surface area contributed by atoms with Crippen molar-refractivity contribution in [3.8, 4) is 5.82 Å². The van der Waals surface area contributed by atoms with E-state index in [0.717, 1.165) is 18.5 Å². The van der Waals surface area contributed by atoms with Crippen LogP contribution in [0.3, 0.4) is 0 Å². The van der Waals surface area contributed by atoms with E-state index in [-0.39, 0.29) is 17.2 Å². The minimum Gasteiger partial charge on any atom is -0.391 e. The quantitative estimate of drug-likeness (QED) is 0.936. The van der Waals surface area contributed by atoms with E-state index in [1.807, 2.05) is 18.2 Å². The van der Waals surface area contributed by atoms with Gasteiger partial charge in [0.1, 0.15) is 0 Å². The standard InChI is InChI=1S/C18H22N4O2/c1-12(2)16-13(9-20-22(16)15-5-3-4-8-19-15)17(24)21-10-14(23)18(11-21)6-7-18/h3-5,8-9,12,14,23H,6-7,10-11H2,1-2H3. The molecule has 1 unspecified atom stereocenters. The van der Waals surface area contributed by atoms with Crippen molar-refractivity contribution < 1.29 is 9.90 Å². The summed E-state index contributed by atoms with van der Waals surface area (Å²) < 4.78 is 1.75. The first-order valence-electron chi connectivity index (χ1n) is 8.48. The molecule has 1 aliphatic carbocycles. The van der Waals surface area contributed by atoms with Crippen molar-refractivity contribution in [3.05, 3.63) is 41.9 Å². The number of β-amino-alcohol motifs (C(OH)–C–C–N with tert-alkyl or cyclic N) is 1. The van der Waals surface area contributed by atoms with Gasteiger partial charge in [0.05, 0.1) is 23.6 Å². The number of nitrogens with zero attached hydrogens (tertiary/aromatic N) is 4. The lowest BCUT2D eigenvalue weighted by atomic mass is 10.0. The van der Waals surface area contributed by atoms with Gasteiger partial charge < -0.3 is 10.0 Å². The van der Waals surface area contributed by atoms with Crippen LogP contribution in [0.25, 0.3) is 5.82 Å². The van der Waals surface area contributed by atoms with E-state index < -0.39 is 6.10 Å². The number of likely N-dealkylation sites (tertiary alicyclic amines) is 1. The van der Waals surface area contributed by atoms with Gasteiger partial charge in [0.15, 0.2) is 5.82 Å². The summed E-state index contributed by atoms with van der Waals surface area (Å²) in [5.74, 6) is 0.806. The number of aromatic nitrogens is 3. The molecule has 1 saturated carbocycles. The highest BCUT2D eigenvalue weighted by atomic mass is 16.3. The molecule has 1 N–H and O–H groups in total. The lowest BCUT2D eigenvalue weighted by molar-refractivity contribution is 0.0763. The number of hydrogen-bond donors (Lipinski definition) is 1. The van der Waals surface area contributed by atoms with E-state index in [1.54, 1.807) is 22.0 Å². The van der Waals surface area contributed by atoms with Crippen LogP contribution in [-0.4, -0.2) is 49.9 Å². The van der Waals surface area contributed by atoms with E-state index >= 15 is 0 Å². The zero-order valence-electron chi connectivity index (χ0n) is 14.0. The van der Waals surface area contributed by atoms with Crippen LogP contribution in [-0.2, 0) is 0 Å². The molecule has 0 radical (unpaired) electrons. The van der Waals surface area contributed by atoms with Gasteiger partial charge >= 0.3 is 0 Å². The first kappa shape index (κ1) is 15.3. The second kappa shape index (κ2) is 5.41. The third-order valence-electron chi connectivity index (χ3n) is 5.24. The molecule has 1 atom stereocenters. The van der Waals surface area contributed by atoms with Crippen LogP contribution >= 0.6 is 0 Å². The Morgan fingerprint density at radius 1 is 1.38 bits per heavy atom. The molecule has 1 spiro atoms. The average molecular weight is 326 g/mol. The molecule has 0 aromatic carbocycles. The largest absolute Gasteiger partial charge is 0.391 e. The number of aliphatic hydroxyl groups excluding tert-OH is 1. The molecular formula is C18H22N4O2. The molecule has 126 valence electrons. The van der Waals surface area contributed by atoms with Crippen LogP contribution in [0.4, 0.5) is 0 Å². The van der Waals surface area contributed by atoms with Gasteiger partial charge in [-0.05, 0) is 30.9 Å². The zero-order chi connectivity index (χ0) is 16.9. The minimum absolute atomic E-state index is 0.0371. The maximum Gasteiger partial charge on any atom is 0.257 e. The van der Waals surface area contributed by atoms with Gasteiger partial charge in [-0.2, -0.15) is 5.10 Å². The van der Waals surface area contributed by atoms with Gasteiger partial charge in [-0.3, -0.25) is 4.79 Å². The Hall–Kier alpha value is -2.21. The van der Waals surface area contributed by atoms with E-state index in [1.165, 1.54) is 0 Å². The predicted molar refractivity (Wildman–Crippen MR) is 89.0 cm³/mol. The summed E-state index contributed by atoms with van der Waals surface area (Å²) in [6.45, 7) is 5.17. The number of hydrogen-bond acceptors (Lipinski definition) is 4. The Bertz CT molecular complexity index is 765. The molecule has 2 fully saturated rings. The van der Waals surface area contributed by atoms with Crippen LogP contribution in [0.5, 0.6) is 0 Å².